The fraction of sp³-hybridized carbons (Fsp3) is 0.179. The molecular formula is C28H24Cl2N2O5. The average Bonchev–Trinajstić information content (AvgIpc) is 2.83. The van der Waals surface area contributed by atoms with Gasteiger partial charge < -0.3 is 9.47 Å². The number of urea groups is 1. The molecule has 0 saturated carbocycles. The Labute approximate surface area is 224 Å². The third-order valence-electron chi connectivity index (χ3n) is 5.52. The van der Waals surface area contributed by atoms with Crippen LogP contribution in [0.5, 0.6) is 11.5 Å². The molecule has 1 N–H and O–H groups in total. The molecule has 3 aromatic carbocycles. The van der Waals surface area contributed by atoms with Crippen molar-refractivity contribution in [3.63, 3.8) is 0 Å². The number of aryl methyl sites for hydroxylation is 2. The van der Waals surface area contributed by atoms with Crippen molar-refractivity contribution < 1.29 is 23.9 Å². The number of benzene rings is 3. The Morgan fingerprint density at radius 1 is 0.865 bits per heavy atom. The fourth-order valence-electron chi connectivity index (χ4n) is 3.93. The van der Waals surface area contributed by atoms with Crippen molar-refractivity contribution in [2.45, 2.75) is 27.4 Å². The highest BCUT2D eigenvalue weighted by Gasteiger charge is 2.37. The second kappa shape index (κ2) is 11.1. The molecule has 0 unspecified atom stereocenters. The minimum atomic E-state index is -0.793. The van der Waals surface area contributed by atoms with Gasteiger partial charge in [0.05, 0.1) is 22.3 Å². The second-order valence-electron chi connectivity index (χ2n) is 8.48. The smallest absolute Gasteiger partial charge is 0.335 e. The summed E-state index contributed by atoms with van der Waals surface area (Å²) in [4.78, 5) is 39.4. The van der Waals surface area contributed by atoms with Crippen molar-refractivity contribution in [1.29, 1.82) is 0 Å². The molecule has 37 heavy (non-hydrogen) atoms. The van der Waals surface area contributed by atoms with E-state index in [9.17, 15) is 14.4 Å². The third-order valence-corrected chi connectivity index (χ3v) is 6.26. The summed E-state index contributed by atoms with van der Waals surface area (Å²) in [5, 5.41) is 3.13. The molecule has 1 aliphatic rings. The molecule has 0 aromatic heterocycles. The molecule has 0 atom stereocenters. The standard InChI is InChI=1S/C28H24Cl2N2O5/c1-4-36-25-14-18(6-8-24(25)37-15-19-5-7-22(29)23(30)13-19)12-21-26(33)31-28(35)32(27(21)34)20-10-16(2)9-17(3)11-20/h5-14H,4,15H2,1-3H3,(H,31,33,35)/b21-12+. The van der Waals surface area contributed by atoms with Crippen molar-refractivity contribution in [3.8, 4) is 11.5 Å². The highest BCUT2D eigenvalue weighted by atomic mass is 35.5. The Balaban J connectivity index is 1.62. The zero-order valence-electron chi connectivity index (χ0n) is 20.4. The van der Waals surface area contributed by atoms with E-state index < -0.39 is 17.8 Å². The molecule has 1 aliphatic heterocycles. The summed E-state index contributed by atoms with van der Waals surface area (Å²) >= 11 is 12.1. The van der Waals surface area contributed by atoms with Gasteiger partial charge in [0.25, 0.3) is 11.8 Å². The van der Waals surface area contributed by atoms with Crippen LogP contribution < -0.4 is 19.7 Å². The Morgan fingerprint density at radius 2 is 1.59 bits per heavy atom. The number of anilines is 1. The quantitative estimate of drug-likeness (QED) is 0.283. The predicted molar refractivity (Wildman–Crippen MR) is 143 cm³/mol. The highest BCUT2D eigenvalue weighted by Crippen LogP contribution is 2.32. The number of halogens is 2. The number of barbiturate groups is 1. The molecule has 0 spiro atoms. The molecule has 7 nitrogen and oxygen atoms in total. The molecule has 1 fully saturated rings. The lowest BCUT2D eigenvalue weighted by Crippen LogP contribution is -2.54. The first-order valence-corrected chi connectivity index (χ1v) is 12.2. The SMILES string of the molecule is CCOc1cc(/C=C2\C(=O)NC(=O)N(c3cc(C)cc(C)c3)C2=O)ccc1OCc1ccc(Cl)c(Cl)c1. The Kier molecular flexibility index (Phi) is 7.86. The van der Waals surface area contributed by atoms with Crippen LogP contribution in [0.3, 0.4) is 0 Å². The normalized spacial score (nSPS) is 14.7. The number of ether oxygens (including phenoxy) is 2. The van der Waals surface area contributed by atoms with E-state index in [1.807, 2.05) is 32.9 Å². The van der Waals surface area contributed by atoms with E-state index in [1.165, 1.54) is 6.08 Å². The number of imide groups is 2. The number of nitrogens with zero attached hydrogens (tertiary/aromatic N) is 1. The minimum absolute atomic E-state index is 0.175. The van der Waals surface area contributed by atoms with E-state index in [4.69, 9.17) is 32.7 Å². The molecule has 4 amide bonds. The number of hydrogen-bond donors (Lipinski definition) is 1. The lowest BCUT2D eigenvalue weighted by molar-refractivity contribution is -0.122. The monoisotopic (exact) mass is 538 g/mol. The first-order chi connectivity index (χ1) is 17.7. The number of carbonyl (C=O) groups excluding carboxylic acids is 3. The van der Waals surface area contributed by atoms with Crippen molar-refractivity contribution >= 4 is 52.8 Å². The zero-order valence-corrected chi connectivity index (χ0v) is 21.9. The maximum atomic E-state index is 13.3. The summed E-state index contributed by atoms with van der Waals surface area (Å²) in [6.07, 6.45) is 1.42. The van der Waals surface area contributed by atoms with Crippen molar-refractivity contribution in [2.24, 2.45) is 0 Å². The Bertz CT molecular complexity index is 1410. The summed E-state index contributed by atoms with van der Waals surface area (Å²) in [6.45, 7) is 6.17. The van der Waals surface area contributed by atoms with Crippen LogP contribution in [0.25, 0.3) is 6.08 Å². The average molecular weight is 539 g/mol. The Hall–Kier alpha value is -3.81. The van der Waals surface area contributed by atoms with Crippen LogP contribution in [0.4, 0.5) is 10.5 Å². The molecule has 0 bridgehead atoms. The van der Waals surface area contributed by atoms with Gasteiger partial charge in [0.2, 0.25) is 0 Å². The van der Waals surface area contributed by atoms with E-state index in [-0.39, 0.29) is 12.2 Å². The number of carbonyl (C=O) groups is 3. The van der Waals surface area contributed by atoms with Crippen LogP contribution in [-0.4, -0.2) is 24.5 Å². The summed E-state index contributed by atoms with van der Waals surface area (Å²) in [6, 6.07) is 14.8. The molecule has 3 aromatic rings. The molecule has 1 heterocycles. The summed E-state index contributed by atoms with van der Waals surface area (Å²) in [5.74, 6) is -0.575. The van der Waals surface area contributed by atoms with Gasteiger partial charge in [0.15, 0.2) is 11.5 Å². The number of hydrogen-bond acceptors (Lipinski definition) is 5. The number of amides is 4. The van der Waals surface area contributed by atoms with Crippen molar-refractivity contribution in [3.05, 3.63) is 92.5 Å². The largest absolute Gasteiger partial charge is 0.490 e. The van der Waals surface area contributed by atoms with Crippen LogP contribution in [-0.2, 0) is 16.2 Å². The molecule has 1 saturated heterocycles. The van der Waals surface area contributed by atoms with Gasteiger partial charge in [0, 0.05) is 0 Å². The van der Waals surface area contributed by atoms with Gasteiger partial charge in [-0.15, -0.1) is 0 Å². The van der Waals surface area contributed by atoms with Gasteiger partial charge in [-0.2, -0.15) is 0 Å². The van der Waals surface area contributed by atoms with Gasteiger partial charge >= 0.3 is 6.03 Å². The zero-order chi connectivity index (χ0) is 26.7. The van der Waals surface area contributed by atoms with Crippen LogP contribution in [0.15, 0.2) is 60.2 Å². The first-order valence-electron chi connectivity index (χ1n) is 11.5. The highest BCUT2D eigenvalue weighted by molar-refractivity contribution is 6.42. The summed E-state index contributed by atoms with van der Waals surface area (Å²) in [7, 11) is 0. The minimum Gasteiger partial charge on any atom is -0.490 e. The number of nitrogens with one attached hydrogen (secondary N) is 1. The third kappa shape index (κ3) is 5.96. The maximum Gasteiger partial charge on any atom is 0.335 e. The van der Waals surface area contributed by atoms with E-state index in [1.54, 1.807) is 42.5 Å². The Morgan fingerprint density at radius 3 is 2.27 bits per heavy atom. The topological polar surface area (TPSA) is 84.9 Å². The molecule has 0 aliphatic carbocycles. The number of rotatable bonds is 7. The predicted octanol–water partition coefficient (Wildman–Crippen LogP) is 6.25. The molecular weight excluding hydrogens is 515 g/mol. The fourth-order valence-corrected chi connectivity index (χ4v) is 4.25. The van der Waals surface area contributed by atoms with Crippen LogP contribution >= 0.6 is 23.2 Å². The molecule has 9 heteroatoms. The lowest BCUT2D eigenvalue weighted by atomic mass is 10.0. The molecule has 0 radical (unpaired) electrons. The maximum absolute atomic E-state index is 13.3. The van der Waals surface area contributed by atoms with Gasteiger partial charge in [0.1, 0.15) is 12.2 Å². The lowest BCUT2D eigenvalue weighted by Gasteiger charge is -2.27. The van der Waals surface area contributed by atoms with Crippen LogP contribution in [0, 0.1) is 13.8 Å². The van der Waals surface area contributed by atoms with Crippen molar-refractivity contribution in [2.75, 3.05) is 11.5 Å². The van der Waals surface area contributed by atoms with Crippen molar-refractivity contribution in [1.82, 2.24) is 5.32 Å². The van der Waals surface area contributed by atoms with Gasteiger partial charge in [-0.3, -0.25) is 14.9 Å². The molecule has 4 rings (SSSR count). The van der Waals surface area contributed by atoms with E-state index in [0.29, 0.717) is 39.4 Å². The van der Waals surface area contributed by atoms with Gasteiger partial charge in [-0.25, -0.2) is 9.69 Å². The van der Waals surface area contributed by atoms with Crippen LogP contribution in [0.2, 0.25) is 10.0 Å². The van der Waals surface area contributed by atoms with Gasteiger partial charge in [-0.05, 0) is 85.5 Å². The van der Waals surface area contributed by atoms with Gasteiger partial charge in [-0.1, -0.05) is 41.4 Å². The molecule has 190 valence electrons. The van der Waals surface area contributed by atoms with E-state index >= 15 is 0 Å². The summed E-state index contributed by atoms with van der Waals surface area (Å²) < 4.78 is 11.7. The van der Waals surface area contributed by atoms with Crippen LogP contribution in [0.1, 0.15) is 29.2 Å². The second-order valence-corrected chi connectivity index (χ2v) is 9.29. The first kappa shape index (κ1) is 26.3. The van der Waals surface area contributed by atoms with E-state index in [0.717, 1.165) is 21.6 Å². The van der Waals surface area contributed by atoms with E-state index in [2.05, 4.69) is 5.32 Å². The summed E-state index contributed by atoms with van der Waals surface area (Å²) in [5.41, 5.74) is 3.33.